The summed E-state index contributed by atoms with van der Waals surface area (Å²) in [5, 5.41) is 10.1. The van der Waals surface area contributed by atoms with Crippen molar-refractivity contribution in [3.8, 4) is 0 Å². The number of nitrogens with zero attached hydrogens (tertiary/aromatic N) is 1. The Labute approximate surface area is 145 Å². The van der Waals surface area contributed by atoms with Crippen molar-refractivity contribution >= 4 is 21.1 Å². The van der Waals surface area contributed by atoms with Crippen LogP contribution in [-0.4, -0.2) is 73.4 Å². The third-order valence-electron chi connectivity index (χ3n) is 4.10. The van der Waals surface area contributed by atoms with Crippen molar-refractivity contribution in [3.05, 3.63) is 28.7 Å². The second-order valence-corrected chi connectivity index (χ2v) is 8.00. The number of β-amino-alcohol motifs (C(OH)–C–C–N with tert-alkyl or cyclic N) is 1. The van der Waals surface area contributed by atoms with Gasteiger partial charge in [0.1, 0.15) is 0 Å². The van der Waals surface area contributed by atoms with Gasteiger partial charge in [0.25, 0.3) is 0 Å². The molecule has 25 heavy (non-hydrogen) atoms. The molecule has 2 unspecified atom stereocenters. The van der Waals surface area contributed by atoms with E-state index in [0.29, 0.717) is 37.3 Å². The minimum absolute atomic E-state index is 0.0300. The zero-order valence-corrected chi connectivity index (χ0v) is 14.7. The Morgan fingerprint density at radius 3 is 2.92 bits per heavy atom. The van der Waals surface area contributed by atoms with Gasteiger partial charge in [-0.1, -0.05) is 0 Å². The van der Waals surface area contributed by atoms with Gasteiger partial charge in [0.2, 0.25) is 10.0 Å². The highest BCUT2D eigenvalue weighted by molar-refractivity contribution is 7.89. The lowest BCUT2D eigenvalue weighted by Crippen LogP contribution is -2.46. The standard InChI is InChI=1S/C15H22N4O5S/c1-10-8-19(4-5-24-10)9-11(20)7-16-25(22,23)12-2-3-13-14(6-12)18-15(21)17-13/h2-3,6,10-11,16,20H,4-5,7-9H2,1H3,(H2,17,18,21). The summed E-state index contributed by atoms with van der Waals surface area (Å²) in [4.78, 5) is 18.4. The van der Waals surface area contributed by atoms with E-state index in [4.69, 9.17) is 4.74 Å². The van der Waals surface area contributed by atoms with Crippen molar-refractivity contribution in [2.75, 3.05) is 32.8 Å². The van der Waals surface area contributed by atoms with Crippen LogP contribution in [0.4, 0.5) is 0 Å². The van der Waals surface area contributed by atoms with E-state index in [1.807, 2.05) is 11.8 Å². The lowest BCUT2D eigenvalue weighted by molar-refractivity contribution is -0.0308. The van der Waals surface area contributed by atoms with E-state index in [-0.39, 0.29) is 17.5 Å². The fourth-order valence-corrected chi connectivity index (χ4v) is 3.99. The molecule has 3 rings (SSSR count). The van der Waals surface area contributed by atoms with Crippen LogP contribution in [0.3, 0.4) is 0 Å². The number of fused-ring (bicyclic) bond motifs is 1. The van der Waals surface area contributed by atoms with Crippen LogP contribution >= 0.6 is 0 Å². The molecule has 1 aliphatic heterocycles. The van der Waals surface area contributed by atoms with E-state index < -0.39 is 21.8 Å². The number of H-pyrrole nitrogens is 2. The number of morpholine rings is 1. The van der Waals surface area contributed by atoms with Crippen LogP contribution in [0.5, 0.6) is 0 Å². The van der Waals surface area contributed by atoms with Crippen LogP contribution in [-0.2, 0) is 14.8 Å². The van der Waals surface area contributed by atoms with Gasteiger partial charge in [-0.3, -0.25) is 4.90 Å². The van der Waals surface area contributed by atoms with Crippen molar-refractivity contribution in [2.45, 2.75) is 24.0 Å². The average molecular weight is 370 g/mol. The Bertz CT molecular complexity index is 891. The van der Waals surface area contributed by atoms with Gasteiger partial charge >= 0.3 is 5.69 Å². The second kappa shape index (κ2) is 7.26. The first-order valence-corrected chi connectivity index (χ1v) is 9.55. The van der Waals surface area contributed by atoms with Gasteiger partial charge in [-0.15, -0.1) is 0 Å². The molecule has 0 amide bonds. The summed E-state index contributed by atoms with van der Waals surface area (Å²) in [5.41, 5.74) is 0.550. The van der Waals surface area contributed by atoms with Gasteiger partial charge in [0.05, 0.1) is 34.7 Å². The molecule has 4 N–H and O–H groups in total. The molecule has 1 fully saturated rings. The van der Waals surface area contributed by atoms with Crippen LogP contribution < -0.4 is 10.4 Å². The van der Waals surface area contributed by atoms with Gasteiger partial charge in [-0.25, -0.2) is 17.9 Å². The molecule has 2 aromatic rings. The van der Waals surface area contributed by atoms with Crippen molar-refractivity contribution in [2.24, 2.45) is 0 Å². The molecule has 0 saturated carbocycles. The van der Waals surface area contributed by atoms with Crippen molar-refractivity contribution in [1.82, 2.24) is 19.6 Å². The highest BCUT2D eigenvalue weighted by Crippen LogP contribution is 2.15. The normalized spacial score (nSPS) is 20.8. The molecular weight excluding hydrogens is 348 g/mol. The number of benzene rings is 1. The van der Waals surface area contributed by atoms with E-state index in [9.17, 15) is 18.3 Å². The van der Waals surface area contributed by atoms with E-state index in [1.54, 1.807) is 0 Å². The molecule has 138 valence electrons. The molecule has 0 bridgehead atoms. The first-order valence-electron chi connectivity index (χ1n) is 8.07. The molecule has 0 spiro atoms. The summed E-state index contributed by atoms with van der Waals surface area (Å²) in [6, 6.07) is 4.31. The van der Waals surface area contributed by atoms with Crippen molar-refractivity contribution in [3.63, 3.8) is 0 Å². The van der Waals surface area contributed by atoms with E-state index in [2.05, 4.69) is 14.7 Å². The Hall–Kier alpha value is -1.72. The average Bonchev–Trinajstić information content (AvgIpc) is 2.92. The Morgan fingerprint density at radius 1 is 1.40 bits per heavy atom. The number of aromatic amines is 2. The minimum atomic E-state index is -3.78. The summed E-state index contributed by atoms with van der Waals surface area (Å²) in [6.07, 6.45) is -0.719. The predicted molar refractivity (Wildman–Crippen MR) is 92.0 cm³/mol. The maximum atomic E-state index is 12.4. The van der Waals surface area contributed by atoms with Gasteiger partial charge in [-0.05, 0) is 25.1 Å². The summed E-state index contributed by atoms with van der Waals surface area (Å²) >= 11 is 0. The number of nitrogens with one attached hydrogen (secondary N) is 3. The molecule has 1 aromatic carbocycles. The van der Waals surface area contributed by atoms with Crippen LogP contribution in [0, 0.1) is 0 Å². The number of imidazole rings is 1. The van der Waals surface area contributed by atoms with E-state index in [1.165, 1.54) is 18.2 Å². The molecule has 0 aliphatic carbocycles. The molecule has 9 nitrogen and oxygen atoms in total. The van der Waals surface area contributed by atoms with E-state index in [0.717, 1.165) is 0 Å². The predicted octanol–water partition coefficient (Wildman–Crippen LogP) is -0.784. The van der Waals surface area contributed by atoms with E-state index >= 15 is 0 Å². The summed E-state index contributed by atoms with van der Waals surface area (Å²) in [7, 11) is -3.78. The number of sulfonamides is 1. The molecule has 1 aliphatic rings. The maximum Gasteiger partial charge on any atom is 0.323 e. The number of rotatable bonds is 6. The summed E-state index contributed by atoms with van der Waals surface area (Å²) < 4.78 is 32.6. The molecular formula is C15H22N4O5S. The Kier molecular flexibility index (Phi) is 5.25. The van der Waals surface area contributed by atoms with Crippen LogP contribution in [0.15, 0.2) is 27.9 Å². The Balaban J connectivity index is 1.61. The lowest BCUT2D eigenvalue weighted by atomic mass is 10.2. The number of aliphatic hydroxyl groups is 1. The van der Waals surface area contributed by atoms with Crippen LogP contribution in [0.1, 0.15) is 6.92 Å². The topological polar surface area (TPSA) is 128 Å². The third-order valence-corrected chi connectivity index (χ3v) is 5.52. The molecule has 1 saturated heterocycles. The van der Waals surface area contributed by atoms with Crippen LogP contribution in [0.2, 0.25) is 0 Å². The highest BCUT2D eigenvalue weighted by atomic mass is 32.2. The van der Waals surface area contributed by atoms with Crippen molar-refractivity contribution in [1.29, 1.82) is 0 Å². The molecule has 1 aromatic heterocycles. The number of ether oxygens (including phenoxy) is 1. The van der Waals surface area contributed by atoms with Crippen molar-refractivity contribution < 1.29 is 18.3 Å². The smallest absolute Gasteiger partial charge is 0.323 e. The van der Waals surface area contributed by atoms with Crippen LogP contribution in [0.25, 0.3) is 11.0 Å². The molecule has 0 radical (unpaired) electrons. The quantitative estimate of drug-likeness (QED) is 0.528. The monoisotopic (exact) mass is 370 g/mol. The maximum absolute atomic E-state index is 12.4. The number of aromatic nitrogens is 2. The fourth-order valence-electron chi connectivity index (χ4n) is 2.89. The van der Waals surface area contributed by atoms with Gasteiger partial charge in [0, 0.05) is 26.2 Å². The lowest BCUT2D eigenvalue weighted by Gasteiger charge is -2.32. The van der Waals surface area contributed by atoms with Gasteiger partial charge < -0.3 is 19.8 Å². The number of aliphatic hydroxyl groups excluding tert-OH is 1. The SMILES string of the molecule is CC1CN(CC(O)CNS(=O)(=O)c2ccc3[nH]c(=O)[nH]c3c2)CCO1. The van der Waals surface area contributed by atoms with Gasteiger partial charge in [-0.2, -0.15) is 0 Å². The zero-order valence-electron chi connectivity index (χ0n) is 13.9. The Morgan fingerprint density at radius 2 is 2.16 bits per heavy atom. The molecule has 2 atom stereocenters. The highest BCUT2D eigenvalue weighted by Gasteiger charge is 2.21. The molecule has 2 heterocycles. The first kappa shape index (κ1) is 18.1. The largest absolute Gasteiger partial charge is 0.390 e. The summed E-state index contributed by atoms with van der Waals surface area (Å²) in [5.74, 6) is 0. The first-order chi connectivity index (χ1) is 11.8. The number of hydrogen-bond acceptors (Lipinski definition) is 6. The number of hydrogen-bond donors (Lipinski definition) is 4. The molecule has 10 heteroatoms. The third kappa shape index (κ3) is 4.47. The minimum Gasteiger partial charge on any atom is -0.390 e. The fraction of sp³-hybridized carbons (Fsp3) is 0.533. The zero-order chi connectivity index (χ0) is 18.0. The summed E-state index contributed by atoms with van der Waals surface area (Å²) in [6.45, 7) is 4.28. The van der Waals surface area contributed by atoms with Gasteiger partial charge in [0.15, 0.2) is 0 Å². The second-order valence-electron chi connectivity index (χ2n) is 6.23.